The maximum Gasteiger partial charge on any atom is 0.361 e. The predicted molar refractivity (Wildman–Crippen MR) is 74.0 cm³/mol. The van der Waals surface area contributed by atoms with Crippen molar-refractivity contribution >= 4 is 15.0 Å². The van der Waals surface area contributed by atoms with E-state index in [1.807, 2.05) is 6.92 Å². The van der Waals surface area contributed by atoms with Gasteiger partial charge >= 0.3 is 7.60 Å². The summed E-state index contributed by atoms with van der Waals surface area (Å²) in [4.78, 5) is 19.0. The minimum Gasteiger partial charge on any atom is -0.325 e. The van der Waals surface area contributed by atoms with Crippen molar-refractivity contribution in [3.63, 3.8) is 0 Å². The lowest BCUT2D eigenvalue weighted by atomic mass is 10.2. The molecule has 0 amide bonds. The summed E-state index contributed by atoms with van der Waals surface area (Å²) in [5.41, 5.74) is 0.550. The van der Waals surface area contributed by atoms with Crippen LogP contribution in [0.3, 0.4) is 0 Å². The normalized spacial score (nSPS) is 15.2. The molecule has 18 heavy (non-hydrogen) atoms. The van der Waals surface area contributed by atoms with Gasteiger partial charge in [-0.1, -0.05) is 20.8 Å². The zero-order chi connectivity index (χ0) is 14.4. The number of rotatable bonds is 8. The van der Waals surface area contributed by atoms with Crippen molar-refractivity contribution < 1.29 is 23.4 Å². The number of hydrogen-bond acceptors (Lipinski definition) is 3. The van der Waals surface area contributed by atoms with Gasteiger partial charge in [-0.3, -0.25) is 9.13 Å². The van der Waals surface area contributed by atoms with Crippen LogP contribution in [-0.4, -0.2) is 22.6 Å². The predicted octanol–water partition coefficient (Wildman–Crippen LogP) is 3.92. The van der Waals surface area contributed by atoms with Gasteiger partial charge in [-0.2, -0.15) is 0 Å². The summed E-state index contributed by atoms with van der Waals surface area (Å²) in [6.45, 7) is 7.28. The molecule has 0 saturated carbocycles. The first kappa shape index (κ1) is 18.1. The fourth-order valence-electron chi connectivity index (χ4n) is 1.95. The van der Waals surface area contributed by atoms with Gasteiger partial charge in [-0.25, -0.2) is 0 Å². The van der Waals surface area contributed by atoms with E-state index >= 15 is 0 Å². The highest BCUT2D eigenvalue weighted by Crippen LogP contribution is 2.70. The van der Waals surface area contributed by atoms with Crippen molar-refractivity contribution in [3.8, 4) is 0 Å². The molecule has 0 fully saturated rings. The van der Waals surface area contributed by atoms with Crippen molar-refractivity contribution in [2.45, 2.75) is 47.0 Å². The van der Waals surface area contributed by atoms with Gasteiger partial charge in [0.2, 0.25) is 7.37 Å². The van der Waals surface area contributed by atoms with Gasteiger partial charge in [0.05, 0.1) is 6.61 Å². The van der Waals surface area contributed by atoms with Gasteiger partial charge in [0.1, 0.15) is 5.06 Å². The van der Waals surface area contributed by atoms with Gasteiger partial charge in [0.15, 0.2) is 0 Å². The van der Waals surface area contributed by atoms with Crippen molar-refractivity contribution in [2.24, 2.45) is 0 Å². The zero-order valence-corrected chi connectivity index (χ0v) is 13.3. The second-order valence-corrected chi connectivity index (χ2v) is 8.38. The van der Waals surface area contributed by atoms with E-state index in [0.29, 0.717) is 24.8 Å². The van der Waals surface area contributed by atoms with E-state index in [4.69, 9.17) is 4.52 Å². The Hall–Kier alpha value is 0.0800. The Morgan fingerprint density at radius 3 is 1.83 bits per heavy atom. The quantitative estimate of drug-likeness (QED) is 0.663. The minimum absolute atomic E-state index is 0.171. The summed E-state index contributed by atoms with van der Waals surface area (Å²) in [5, 5.41) is -0.247. The monoisotopic (exact) mass is 298 g/mol. The molecule has 1 unspecified atom stereocenters. The lowest BCUT2D eigenvalue weighted by molar-refractivity contribution is 0.335. The van der Waals surface area contributed by atoms with E-state index in [1.54, 1.807) is 20.8 Å². The van der Waals surface area contributed by atoms with E-state index in [0.717, 1.165) is 0 Å². The van der Waals surface area contributed by atoms with Gasteiger partial charge < -0.3 is 14.3 Å². The van der Waals surface area contributed by atoms with E-state index in [1.165, 1.54) is 0 Å². The highest BCUT2D eigenvalue weighted by atomic mass is 31.2. The van der Waals surface area contributed by atoms with Crippen LogP contribution in [0.15, 0.2) is 10.6 Å². The Morgan fingerprint density at radius 1 is 1.06 bits per heavy atom. The smallest absolute Gasteiger partial charge is 0.325 e. The molecule has 5 nitrogen and oxygen atoms in total. The lowest BCUT2D eigenvalue weighted by Gasteiger charge is -2.24. The highest BCUT2D eigenvalue weighted by Gasteiger charge is 2.40. The van der Waals surface area contributed by atoms with E-state index < -0.39 is 15.0 Å². The summed E-state index contributed by atoms with van der Waals surface area (Å²) < 4.78 is 29.7. The van der Waals surface area contributed by atoms with Crippen LogP contribution < -0.4 is 0 Å². The fraction of sp³-hybridized carbons (Fsp3) is 0.818. The SMILES string of the molecule is CCCP(=O)(OCC)C(=C(CC)CC)P(=O)(O)O. The topological polar surface area (TPSA) is 83.8 Å². The van der Waals surface area contributed by atoms with Crippen LogP contribution >= 0.6 is 15.0 Å². The molecule has 0 saturated heterocycles. The second kappa shape index (κ2) is 7.62. The van der Waals surface area contributed by atoms with Crippen LogP contribution in [0.2, 0.25) is 0 Å². The Labute approximate surface area is 109 Å². The van der Waals surface area contributed by atoms with E-state index in [9.17, 15) is 18.9 Å². The second-order valence-electron chi connectivity index (χ2n) is 3.99. The number of allylic oxidation sites excluding steroid dienone is 1. The first-order valence-corrected chi connectivity index (χ1v) is 9.71. The highest BCUT2D eigenvalue weighted by molar-refractivity contribution is 7.80. The van der Waals surface area contributed by atoms with Crippen LogP contribution in [0.4, 0.5) is 0 Å². The maximum atomic E-state index is 12.7. The molecule has 0 radical (unpaired) electrons. The first-order valence-electron chi connectivity index (χ1n) is 6.29. The molecule has 0 aliphatic heterocycles. The molecule has 0 aromatic rings. The average molecular weight is 298 g/mol. The van der Waals surface area contributed by atoms with Crippen molar-refractivity contribution in [1.82, 2.24) is 0 Å². The molecule has 0 heterocycles. The van der Waals surface area contributed by atoms with Crippen LogP contribution in [0.1, 0.15) is 47.0 Å². The molecule has 7 heteroatoms. The maximum absolute atomic E-state index is 12.7. The summed E-state index contributed by atoms with van der Waals surface area (Å²) in [5.74, 6) is 0. The minimum atomic E-state index is -4.55. The molecule has 108 valence electrons. The zero-order valence-electron chi connectivity index (χ0n) is 11.5. The summed E-state index contributed by atoms with van der Waals surface area (Å²) >= 11 is 0. The fourth-order valence-corrected chi connectivity index (χ4v) is 7.00. The standard InChI is InChI=1S/C11H24O5P2/c1-5-9-17(12,16-8-4)11(18(13,14)15)10(6-2)7-3/h5-9H2,1-4H3,(H2,13,14,15). The third-order valence-corrected chi connectivity index (χ3v) is 7.86. The molecular weight excluding hydrogens is 274 g/mol. The molecule has 0 spiro atoms. The van der Waals surface area contributed by atoms with Gasteiger partial charge in [0, 0.05) is 6.16 Å². The summed E-state index contributed by atoms with van der Waals surface area (Å²) in [7, 11) is -7.98. The van der Waals surface area contributed by atoms with Crippen LogP contribution in [0.5, 0.6) is 0 Å². The van der Waals surface area contributed by atoms with Gasteiger partial charge in [-0.15, -0.1) is 0 Å². The largest absolute Gasteiger partial charge is 0.361 e. The lowest BCUT2D eigenvalue weighted by Crippen LogP contribution is -2.02. The van der Waals surface area contributed by atoms with Crippen molar-refractivity contribution in [2.75, 3.05) is 12.8 Å². The average Bonchev–Trinajstić information content (AvgIpc) is 2.24. The van der Waals surface area contributed by atoms with E-state index in [2.05, 4.69) is 0 Å². The summed E-state index contributed by atoms with van der Waals surface area (Å²) in [6.07, 6.45) is 1.67. The molecule has 0 aromatic heterocycles. The van der Waals surface area contributed by atoms with Gasteiger partial charge in [0.25, 0.3) is 0 Å². The molecule has 0 rings (SSSR count). The Bertz CT molecular complexity index is 367. The third-order valence-electron chi connectivity index (χ3n) is 2.62. The van der Waals surface area contributed by atoms with E-state index in [-0.39, 0.29) is 17.8 Å². The van der Waals surface area contributed by atoms with Gasteiger partial charge in [-0.05, 0) is 31.8 Å². The Morgan fingerprint density at radius 2 is 1.56 bits per heavy atom. The Kier molecular flexibility index (Phi) is 7.65. The third kappa shape index (κ3) is 4.64. The molecule has 0 aliphatic rings. The van der Waals surface area contributed by atoms with Crippen molar-refractivity contribution in [3.05, 3.63) is 10.6 Å². The van der Waals surface area contributed by atoms with Crippen LogP contribution in [0, 0.1) is 0 Å². The Balaban J connectivity index is 5.91. The molecule has 2 N–H and O–H groups in total. The van der Waals surface area contributed by atoms with Crippen LogP contribution in [0.25, 0.3) is 0 Å². The summed E-state index contributed by atoms with van der Waals surface area (Å²) in [6, 6.07) is 0. The first-order chi connectivity index (χ1) is 8.26. The molecule has 0 aromatic carbocycles. The molecule has 1 atom stereocenters. The molecule has 0 bridgehead atoms. The number of hydrogen-bond donors (Lipinski definition) is 2. The van der Waals surface area contributed by atoms with Crippen LogP contribution in [-0.2, 0) is 13.7 Å². The molecular formula is C11H24O5P2. The van der Waals surface area contributed by atoms with Crippen molar-refractivity contribution in [1.29, 1.82) is 0 Å². The molecule has 0 aliphatic carbocycles.